The number of hydrogen-bond acceptors (Lipinski definition) is 6. The Kier molecular flexibility index (Phi) is 4.64. The lowest BCUT2D eigenvalue weighted by molar-refractivity contribution is 0.414. The molecule has 2 aromatic heterocycles. The normalized spacial score (nSPS) is 19.4. The van der Waals surface area contributed by atoms with Crippen LogP contribution in [0, 0.1) is 5.82 Å². The van der Waals surface area contributed by atoms with Crippen LogP contribution in [0.2, 0.25) is 0 Å². The highest BCUT2D eigenvalue weighted by molar-refractivity contribution is 7.12. The van der Waals surface area contributed by atoms with Crippen LogP contribution in [-0.2, 0) is 0 Å². The number of benzene rings is 1. The molecule has 3 N–H and O–H groups in total. The van der Waals surface area contributed by atoms with Crippen LogP contribution in [0.1, 0.15) is 25.3 Å². The number of nitrogens with two attached hydrogens (primary N) is 1. The fraction of sp³-hybridized carbons (Fsp3) is 0.444. The molecule has 5 rings (SSSR count). The molecule has 2 fully saturated rings. The number of rotatable bonds is 3. The third-order valence-electron chi connectivity index (χ3n) is 5.45. The number of ether oxygens (including phenoxy) is 1. The Morgan fingerprint density at radius 1 is 1.32 bits per heavy atom. The monoisotopic (exact) mass is 426 g/mol. The van der Waals surface area contributed by atoms with Crippen molar-refractivity contribution in [2.45, 2.75) is 31.3 Å². The average Bonchev–Trinajstić information content (AvgIpc) is 3.28. The summed E-state index contributed by atoms with van der Waals surface area (Å²) in [5.74, 6) is -0.190. The van der Waals surface area contributed by atoms with Crippen molar-refractivity contribution in [2.24, 2.45) is 5.73 Å². The SMILES string of the molecule is COc1c(N2CC[C@@H](N)C2)c(F)cc2c(=O)c3c(=O)[nH]sc3n(C3CC3)c12.Cl. The van der Waals surface area contributed by atoms with Gasteiger partial charge in [-0.05, 0) is 36.9 Å². The fourth-order valence-corrected chi connectivity index (χ4v) is 5.00. The number of pyridine rings is 1. The first-order valence-electron chi connectivity index (χ1n) is 8.97. The smallest absolute Gasteiger partial charge is 0.271 e. The molecule has 3 aromatic rings. The Morgan fingerprint density at radius 3 is 2.68 bits per heavy atom. The van der Waals surface area contributed by atoms with E-state index in [2.05, 4.69) is 4.37 Å². The molecule has 2 aliphatic rings. The second-order valence-electron chi connectivity index (χ2n) is 7.27. The van der Waals surface area contributed by atoms with Crippen molar-refractivity contribution in [3.8, 4) is 5.75 Å². The second-order valence-corrected chi connectivity index (χ2v) is 8.07. The Labute approximate surface area is 169 Å². The lowest BCUT2D eigenvalue weighted by atomic mass is 10.1. The molecule has 0 amide bonds. The van der Waals surface area contributed by atoms with E-state index >= 15 is 4.39 Å². The first kappa shape index (κ1) is 19.2. The molecule has 10 heteroatoms. The van der Waals surface area contributed by atoms with Gasteiger partial charge in [-0.25, -0.2) is 4.39 Å². The van der Waals surface area contributed by atoms with Gasteiger partial charge in [0.1, 0.15) is 15.9 Å². The molecular weight excluding hydrogens is 407 g/mol. The highest BCUT2D eigenvalue weighted by atomic mass is 35.5. The number of aromatic amines is 1. The molecule has 1 atom stereocenters. The number of hydrogen-bond donors (Lipinski definition) is 2. The van der Waals surface area contributed by atoms with Crippen molar-refractivity contribution >= 4 is 50.7 Å². The third-order valence-corrected chi connectivity index (χ3v) is 6.33. The lowest BCUT2D eigenvalue weighted by Gasteiger charge is -2.24. The largest absolute Gasteiger partial charge is 0.492 e. The van der Waals surface area contributed by atoms with Crippen LogP contribution in [0.15, 0.2) is 15.7 Å². The third kappa shape index (κ3) is 2.64. The molecule has 0 spiro atoms. The number of nitrogens with zero attached hydrogens (tertiary/aromatic N) is 2. The first-order valence-corrected chi connectivity index (χ1v) is 9.79. The van der Waals surface area contributed by atoms with Gasteiger partial charge in [0.25, 0.3) is 5.56 Å². The molecule has 1 aromatic carbocycles. The van der Waals surface area contributed by atoms with E-state index in [1.165, 1.54) is 13.2 Å². The summed E-state index contributed by atoms with van der Waals surface area (Å²) in [6.07, 6.45) is 2.67. The maximum atomic E-state index is 15.1. The van der Waals surface area contributed by atoms with Crippen molar-refractivity contribution in [2.75, 3.05) is 25.1 Å². The highest BCUT2D eigenvalue weighted by Crippen LogP contribution is 2.45. The van der Waals surface area contributed by atoms with Crippen LogP contribution < -0.4 is 26.4 Å². The molecule has 0 bridgehead atoms. The van der Waals surface area contributed by atoms with Gasteiger partial charge in [0, 0.05) is 25.2 Å². The predicted octanol–water partition coefficient (Wildman–Crippen LogP) is 2.35. The molecule has 7 nitrogen and oxygen atoms in total. The van der Waals surface area contributed by atoms with E-state index in [0.29, 0.717) is 34.9 Å². The number of aromatic nitrogens is 2. The molecule has 1 saturated carbocycles. The first-order chi connectivity index (χ1) is 13.0. The molecule has 3 heterocycles. The van der Waals surface area contributed by atoms with Crippen molar-refractivity contribution in [1.29, 1.82) is 0 Å². The molecule has 0 unspecified atom stereocenters. The van der Waals surface area contributed by atoms with Crippen LogP contribution >= 0.6 is 23.9 Å². The molecular formula is C18H20ClFN4O3S. The summed E-state index contributed by atoms with van der Waals surface area (Å²) in [7, 11) is 1.49. The molecule has 150 valence electrons. The summed E-state index contributed by atoms with van der Waals surface area (Å²) < 4.78 is 25.4. The Hall–Kier alpha value is -2.10. The molecule has 28 heavy (non-hydrogen) atoms. The standard InChI is InChI=1S/C18H19FN4O3S.ClH/c1-26-16-13-10(6-11(19)14(16)22-5-4-8(20)7-22)15(24)12-17(25)21-27-18(12)23(13)9-2-3-9;/h6,8-9H,2-5,7,20H2,1H3,(H,21,25);1H/t8-;/m1./s1. The second kappa shape index (κ2) is 6.75. The minimum Gasteiger partial charge on any atom is -0.492 e. The summed E-state index contributed by atoms with van der Waals surface area (Å²) >= 11 is 1.14. The van der Waals surface area contributed by atoms with E-state index < -0.39 is 16.8 Å². The number of anilines is 1. The van der Waals surface area contributed by atoms with Gasteiger partial charge in [0.2, 0.25) is 5.43 Å². The zero-order valence-corrected chi connectivity index (χ0v) is 16.8. The predicted molar refractivity (Wildman–Crippen MR) is 111 cm³/mol. The van der Waals surface area contributed by atoms with Gasteiger partial charge < -0.3 is 19.9 Å². The summed E-state index contributed by atoms with van der Waals surface area (Å²) in [4.78, 5) is 27.6. The summed E-state index contributed by atoms with van der Waals surface area (Å²) in [5, 5.41) is 0.275. The van der Waals surface area contributed by atoms with Crippen LogP contribution in [0.3, 0.4) is 0 Å². The van der Waals surface area contributed by atoms with Crippen LogP contribution in [0.4, 0.5) is 10.1 Å². The molecule has 0 radical (unpaired) electrons. The van der Waals surface area contributed by atoms with Gasteiger partial charge >= 0.3 is 0 Å². The number of methoxy groups -OCH3 is 1. The maximum absolute atomic E-state index is 15.1. The van der Waals surface area contributed by atoms with Crippen LogP contribution in [0.5, 0.6) is 5.75 Å². The van der Waals surface area contributed by atoms with E-state index in [9.17, 15) is 9.59 Å². The molecule has 1 aliphatic heterocycles. The fourth-order valence-electron chi connectivity index (χ4n) is 4.08. The van der Waals surface area contributed by atoms with Crippen molar-refractivity contribution in [3.05, 3.63) is 32.5 Å². The van der Waals surface area contributed by atoms with Gasteiger partial charge in [0.15, 0.2) is 11.6 Å². The van der Waals surface area contributed by atoms with Gasteiger partial charge in [-0.15, -0.1) is 12.4 Å². The van der Waals surface area contributed by atoms with Crippen molar-refractivity contribution in [1.82, 2.24) is 8.94 Å². The van der Waals surface area contributed by atoms with E-state index in [1.807, 2.05) is 9.47 Å². The lowest BCUT2D eigenvalue weighted by Crippen LogP contribution is -2.27. The Bertz CT molecular complexity index is 1200. The zero-order chi connectivity index (χ0) is 18.9. The highest BCUT2D eigenvalue weighted by Gasteiger charge is 2.33. The molecule has 1 saturated heterocycles. The Morgan fingerprint density at radius 2 is 2.07 bits per heavy atom. The quantitative estimate of drug-likeness (QED) is 0.670. The van der Waals surface area contributed by atoms with Gasteiger partial charge in [-0.1, -0.05) is 0 Å². The zero-order valence-electron chi connectivity index (χ0n) is 15.2. The topological polar surface area (TPSA) is 93.3 Å². The average molecular weight is 427 g/mol. The maximum Gasteiger partial charge on any atom is 0.271 e. The number of fused-ring (bicyclic) bond motifs is 2. The minimum absolute atomic E-state index is 0. The van der Waals surface area contributed by atoms with Crippen LogP contribution in [0.25, 0.3) is 21.1 Å². The van der Waals surface area contributed by atoms with E-state index in [-0.39, 0.29) is 35.3 Å². The van der Waals surface area contributed by atoms with Gasteiger partial charge in [-0.3, -0.25) is 14.0 Å². The van der Waals surface area contributed by atoms with Crippen molar-refractivity contribution < 1.29 is 9.13 Å². The van der Waals surface area contributed by atoms with Gasteiger partial charge in [0.05, 0.1) is 18.0 Å². The summed E-state index contributed by atoms with van der Waals surface area (Å²) in [6.45, 7) is 1.17. The van der Waals surface area contributed by atoms with Crippen molar-refractivity contribution in [3.63, 3.8) is 0 Å². The van der Waals surface area contributed by atoms with E-state index in [0.717, 1.165) is 30.8 Å². The van der Waals surface area contributed by atoms with E-state index in [1.54, 1.807) is 0 Å². The summed E-state index contributed by atoms with van der Waals surface area (Å²) in [6, 6.07) is 1.40. The van der Waals surface area contributed by atoms with Gasteiger partial charge in [-0.2, -0.15) is 0 Å². The number of halogens is 2. The van der Waals surface area contributed by atoms with Crippen LogP contribution in [-0.4, -0.2) is 35.2 Å². The van der Waals surface area contributed by atoms with E-state index in [4.69, 9.17) is 10.5 Å². The Balaban J connectivity index is 0.00000192. The minimum atomic E-state index is -0.529. The molecule has 1 aliphatic carbocycles. The number of H-pyrrole nitrogens is 1. The summed E-state index contributed by atoms with van der Waals surface area (Å²) in [5.41, 5.74) is 6.03. The number of nitrogens with one attached hydrogen (secondary N) is 1.